The average Bonchev–Trinajstić information content (AvgIpc) is 4.07. The fourth-order valence-electron chi connectivity index (χ4n) is 7.18. The Morgan fingerprint density at radius 2 is 1.80 bits per heavy atom. The zero-order chi connectivity index (χ0) is 41.0. The van der Waals surface area contributed by atoms with E-state index in [2.05, 4.69) is 26.9 Å². The van der Waals surface area contributed by atoms with Crippen LogP contribution in [-0.4, -0.2) is 105 Å². The van der Waals surface area contributed by atoms with Crippen LogP contribution >= 0.6 is 11.6 Å². The van der Waals surface area contributed by atoms with Crippen LogP contribution in [0, 0.1) is 11.3 Å². The molecule has 0 spiro atoms. The highest BCUT2D eigenvalue weighted by atomic mass is 35.5. The number of anilines is 1. The minimum Gasteiger partial charge on any atom is -0.494 e. The number of sulfonamides is 2. The summed E-state index contributed by atoms with van der Waals surface area (Å²) in [5, 5.41) is 6.63. The Morgan fingerprint density at radius 3 is 2.41 bits per heavy atom. The first kappa shape index (κ1) is 41.3. The van der Waals surface area contributed by atoms with E-state index in [0.717, 1.165) is 4.31 Å². The van der Waals surface area contributed by atoms with Gasteiger partial charge in [0.2, 0.25) is 37.7 Å². The summed E-state index contributed by atoms with van der Waals surface area (Å²) in [5.41, 5.74) is -1.91. The number of rotatable bonds is 14. The molecule has 2 saturated carbocycles. The van der Waals surface area contributed by atoms with Crippen molar-refractivity contribution in [3.8, 4) is 11.6 Å². The molecule has 5 atom stereocenters. The summed E-state index contributed by atoms with van der Waals surface area (Å²) in [6.07, 6.45) is 3.38. The van der Waals surface area contributed by atoms with Crippen molar-refractivity contribution in [2.24, 2.45) is 11.3 Å². The first-order valence-electron chi connectivity index (χ1n) is 18.1. The molecule has 0 bridgehead atoms. The van der Waals surface area contributed by atoms with Crippen molar-refractivity contribution >= 4 is 65.8 Å². The molecule has 1 saturated heterocycles. The van der Waals surface area contributed by atoms with E-state index < -0.39 is 78.1 Å². The Labute approximate surface area is 332 Å². The van der Waals surface area contributed by atoms with Crippen LogP contribution in [0.15, 0.2) is 66.2 Å². The van der Waals surface area contributed by atoms with Gasteiger partial charge < -0.3 is 14.8 Å². The molecular weight excluding hydrogens is 784 g/mol. The summed E-state index contributed by atoms with van der Waals surface area (Å²) in [7, 11) is -3.39. The Bertz CT molecular complexity index is 2300. The SMILES string of the molecule is C=C[C@@H]1C[C@@]1(C(=O)NS(=O)(=O)C1CC1)N1C[C@H](Oc2ncc(OC)c3ccc(Cl)cc23)C[C@H]1C(=O)NC(=O)[C@@H](Nc1cccc(S(=O)(=O)N(C)C)c1)C(C)(C)C. The van der Waals surface area contributed by atoms with Gasteiger partial charge in [0.15, 0.2) is 0 Å². The molecule has 56 heavy (non-hydrogen) atoms. The molecule has 2 aromatic carbocycles. The number of methoxy groups -OCH3 is 1. The van der Waals surface area contributed by atoms with Crippen LogP contribution in [-0.2, 0) is 34.4 Å². The lowest BCUT2D eigenvalue weighted by atomic mass is 9.85. The van der Waals surface area contributed by atoms with Gasteiger partial charge in [-0.25, -0.2) is 26.1 Å². The molecule has 18 heteroatoms. The van der Waals surface area contributed by atoms with E-state index in [1.165, 1.54) is 39.5 Å². The number of nitrogens with zero attached hydrogens (tertiary/aromatic N) is 3. The van der Waals surface area contributed by atoms with Gasteiger partial charge in [0.1, 0.15) is 23.4 Å². The maximum absolute atomic E-state index is 14.4. The van der Waals surface area contributed by atoms with Gasteiger partial charge in [0, 0.05) is 54.5 Å². The largest absolute Gasteiger partial charge is 0.494 e. The van der Waals surface area contributed by atoms with Crippen LogP contribution in [0.5, 0.6) is 11.6 Å². The van der Waals surface area contributed by atoms with E-state index in [9.17, 15) is 31.2 Å². The van der Waals surface area contributed by atoms with Gasteiger partial charge in [-0.3, -0.25) is 29.3 Å². The predicted octanol–water partition coefficient (Wildman–Crippen LogP) is 3.69. The number of halogens is 1. The van der Waals surface area contributed by atoms with Gasteiger partial charge in [0.25, 0.3) is 5.91 Å². The summed E-state index contributed by atoms with van der Waals surface area (Å²) in [4.78, 5) is 48.6. The van der Waals surface area contributed by atoms with E-state index in [0.29, 0.717) is 40.1 Å². The third kappa shape index (κ3) is 8.09. The van der Waals surface area contributed by atoms with Gasteiger partial charge in [-0.15, -0.1) is 6.58 Å². The summed E-state index contributed by atoms with van der Waals surface area (Å²) in [5.74, 6) is -2.03. The van der Waals surface area contributed by atoms with Crippen LogP contribution in [0.3, 0.4) is 0 Å². The standard InChI is InChI=1S/C38H47ClN6O9S2/c1-8-22-19-38(22,36(48)43-55(49,50)26-13-14-26)45-21-25(54-35-29-16-23(39)12-15-28(29)31(53-7)20-40-35)18-30(45)33(46)42-34(47)32(37(2,3)4)41-24-10-9-11-27(17-24)56(51,52)44(5)6/h8-12,15-17,20,22,25-26,30,32,41H,1,13-14,18-19,21H2,2-7H3,(H,43,48)(H,42,46,47)/t22-,25-,30+,32-,38-/m1/s1. The molecule has 3 aliphatic rings. The van der Waals surface area contributed by atoms with Crippen molar-refractivity contribution in [3.63, 3.8) is 0 Å². The summed E-state index contributed by atoms with van der Waals surface area (Å²) in [6, 6.07) is 9.00. The van der Waals surface area contributed by atoms with Crippen molar-refractivity contribution in [1.29, 1.82) is 0 Å². The first-order valence-corrected chi connectivity index (χ1v) is 21.5. The minimum absolute atomic E-state index is 0.00119. The molecule has 0 unspecified atom stereocenters. The number of likely N-dealkylation sites (tertiary alicyclic amines) is 1. The van der Waals surface area contributed by atoms with E-state index in [1.54, 1.807) is 62.1 Å². The number of carbonyl (C=O) groups excluding carboxylic acids is 3. The number of amides is 3. The topological polar surface area (TPSA) is 193 Å². The highest BCUT2D eigenvalue weighted by Gasteiger charge is 2.67. The molecule has 3 fully saturated rings. The molecule has 3 N–H and O–H groups in total. The molecule has 3 amide bonds. The van der Waals surface area contributed by atoms with Crippen LogP contribution in [0.25, 0.3) is 10.8 Å². The van der Waals surface area contributed by atoms with E-state index in [1.807, 2.05) is 0 Å². The number of carbonyl (C=O) groups is 3. The van der Waals surface area contributed by atoms with E-state index >= 15 is 0 Å². The molecular formula is C38H47ClN6O9S2. The number of fused-ring (bicyclic) bond motifs is 1. The predicted molar refractivity (Wildman–Crippen MR) is 211 cm³/mol. The van der Waals surface area contributed by atoms with Crippen LogP contribution < -0.4 is 24.8 Å². The van der Waals surface area contributed by atoms with Gasteiger partial charge in [-0.05, 0) is 61.1 Å². The van der Waals surface area contributed by atoms with E-state index in [-0.39, 0.29) is 30.2 Å². The molecule has 2 aliphatic carbocycles. The second kappa shape index (κ2) is 15.2. The van der Waals surface area contributed by atoms with Gasteiger partial charge >= 0.3 is 0 Å². The number of pyridine rings is 1. The molecule has 2 heterocycles. The molecule has 302 valence electrons. The second-order valence-electron chi connectivity index (χ2n) is 15.7. The normalized spacial score (nSPS) is 23.3. The number of imide groups is 1. The number of ether oxygens (including phenoxy) is 2. The number of benzene rings is 2. The summed E-state index contributed by atoms with van der Waals surface area (Å²) in [6.45, 7) is 9.24. The van der Waals surface area contributed by atoms with Crippen LogP contribution in [0.2, 0.25) is 5.02 Å². The first-order chi connectivity index (χ1) is 26.2. The average molecular weight is 831 g/mol. The molecule has 1 aromatic heterocycles. The highest BCUT2D eigenvalue weighted by molar-refractivity contribution is 7.91. The zero-order valence-electron chi connectivity index (χ0n) is 32.0. The lowest BCUT2D eigenvalue weighted by Crippen LogP contribution is -2.59. The van der Waals surface area contributed by atoms with Gasteiger partial charge in [0.05, 0.1) is 29.5 Å². The van der Waals surface area contributed by atoms with Crippen molar-refractivity contribution in [2.45, 2.75) is 80.3 Å². The fraction of sp³-hybridized carbons (Fsp3) is 0.474. The smallest absolute Gasteiger partial charge is 0.254 e. The van der Waals surface area contributed by atoms with Gasteiger partial charge in [-0.1, -0.05) is 44.5 Å². The molecule has 1 aliphatic heterocycles. The number of hydrogen-bond donors (Lipinski definition) is 3. The van der Waals surface area contributed by atoms with Crippen molar-refractivity contribution in [2.75, 3.05) is 33.1 Å². The Hall–Kier alpha value is -4.29. The summed E-state index contributed by atoms with van der Waals surface area (Å²) >= 11 is 6.35. The number of hydrogen-bond acceptors (Lipinski definition) is 12. The van der Waals surface area contributed by atoms with E-state index in [4.69, 9.17) is 21.1 Å². The van der Waals surface area contributed by atoms with Crippen molar-refractivity contribution in [1.82, 2.24) is 24.2 Å². The highest BCUT2D eigenvalue weighted by Crippen LogP contribution is 2.53. The lowest BCUT2D eigenvalue weighted by molar-refractivity contribution is -0.136. The van der Waals surface area contributed by atoms with Crippen LogP contribution in [0.1, 0.15) is 46.5 Å². The quantitative estimate of drug-likeness (QED) is 0.200. The third-order valence-electron chi connectivity index (χ3n) is 10.5. The Morgan fingerprint density at radius 1 is 1.09 bits per heavy atom. The number of aromatic nitrogens is 1. The fourth-order valence-corrected chi connectivity index (χ4v) is 9.66. The Kier molecular flexibility index (Phi) is 11.2. The maximum Gasteiger partial charge on any atom is 0.254 e. The monoisotopic (exact) mass is 830 g/mol. The molecule has 0 radical (unpaired) electrons. The molecule has 15 nitrogen and oxygen atoms in total. The molecule has 3 aromatic rings. The van der Waals surface area contributed by atoms with Crippen LogP contribution in [0.4, 0.5) is 5.69 Å². The Balaban J connectivity index is 1.31. The summed E-state index contributed by atoms with van der Waals surface area (Å²) < 4.78 is 66.9. The van der Waals surface area contributed by atoms with Crippen molar-refractivity contribution in [3.05, 3.63) is 66.3 Å². The number of nitrogens with one attached hydrogen (secondary N) is 3. The maximum atomic E-state index is 14.4. The zero-order valence-corrected chi connectivity index (χ0v) is 34.4. The minimum atomic E-state index is -3.95. The second-order valence-corrected chi connectivity index (χ2v) is 20.3. The molecule has 6 rings (SSSR count). The lowest BCUT2D eigenvalue weighted by Gasteiger charge is -2.34. The van der Waals surface area contributed by atoms with Crippen molar-refractivity contribution < 1.29 is 40.7 Å². The third-order valence-corrected chi connectivity index (χ3v) is 14.4. The van der Waals surface area contributed by atoms with Gasteiger partial charge in [-0.2, -0.15) is 0 Å².